The molecule has 1 saturated carbocycles. The molecule has 160 valence electrons. The Hall–Kier alpha value is -0.580. The number of hydrogen-bond acceptors (Lipinski definition) is 3. The maximum absolute atomic E-state index is 11.0. The zero-order valence-corrected chi connectivity index (χ0v) is 18.8. The Morgan fingerprint density at radius 2 is 1.68 bits per heavy atom. The molecule has 0 saturated heterocycles. The van der Waals surface area contributed by atoms with Gasteiger partial charge in [0.15, 0.2) is 0 Å². The highest BCUT2D eigenvalue weighted by Gasteiger charge is 2.40. The highest BCUT2D eigenvalue weighted by molar-refractivity contribution is 7.13. The Bertz CT molecular complexity index is 574. The van der Waals surface area contributed by atoms with Gasteiger partial charge in [0.2, 0.25) is 0 Å². The SMILES string of the molecule is CCCCCCCCCC[C@@H]1[C@@H](CCCc2ccc(C(=O)O)s2)[C@@H](Cl)C[C@H]1O. The minimum Gasteiger partial charge on any atom is -0.477 e. The molecule has 2 rings (SSSR count). The van der Waals surface area contributed by atoms with Crippen molar-refractivity contribution in [2.75, 3.05) is 0 Å². The van der Waals surface area contributed by atoms with Gasteiger partial charge in [-0.3, -0.25) is 0 Å². The number of aliphatic hydroxyl groups is 1. The van der Waals surface area contributed by atoms with E-state index in [2.05, 4.69) is 6.92 Å². The summed E-state index contributed by atoms with van der Waals surface area (Å²) in [6, 6.07) is 3.62. The van der Waals surface area contributed by atoms with Crippen molar-refractivity contribution in [3.05, 3.63) is 21.9 Å². The summed E-state index contributed by atoms with van der Waals surface area (Å²) < 4.78 is 0. The lowest BCUT2D eigenvalue weighted by atomic mass is 9.85. The van der Waals surface area contributed by atoms with Crippen LogP contribution in [-0.4, -0.2) is 27.7 Å². The number of rotatable bonds is 14. The first-order chi connectivity index (χ1) is 13.5. The van der Waals surface area contributed by atoms with Gasteiger partial charge < -0.3 is 10.2 Å². The van der Waals surface area contributed by atoms with E-state index in [1.54, 1.807) is 6.07 Å². The zero-order chi connectivity index (χ0) is 20.4. The summed E-state index contributed by atoms with van der Waals surface area (Å²) in [5, 5.41) is 19.6. The second-order valence-electron chi connectivity index (χ2n) is 8.37. The number of aryl methyl sites for hydroxylation is 1. The summed E-state index contributed by atoms with van der Waals surface area (Å²) in [6.07, 6.45) is 15.0. The second kappa shape index (κ2) is 12.9. The molecule has 1 fully saturated rings. The monoisotopic (exact) mass is 428 g/mol. The largest absolute Gasteiger partial charge is 0.477 e. The first-order valence-electron chi connectivity index (χ1n) is 11.2. The molecule has 0 amide bonds. The fraction of sp³-hybridized carbons (Fsp3) is 0.783. The molecular weight excluding hydrogens is 392 g/mol. The van der Waals surface area contributed by atoms with Crippen LogP contribution in [0.1, 0.15) is 98.5 Å². The van der Waals surface area contributed by atoms with Gasteiger partial charge in [0, 0.05) is 10.3 Å². The average molecular weight is 429 g/mol. The maximum Gasteiger partial charge on any atom is 0.345 e. The molecule has 1 heterocycles. The first kappa shape index (κ1) is 23.7. The van der Waals surface area contributed by atoms with Gasteiger partial charge in [0.1, 0.15) is 4.88 Å². The van der Waals surface area contributed by atoms with E-state index in [-0.39, 0.29) is 11.5 Å². The van der Waals surface area contributed by atoms with Crippen LogP contribution in [0, 0.1) is 11.8 Å². The lowest BCUT2D eigenvalue weighted by molar-refractivity contribution is 0.0702. The second-order valence-corrected chi connectivity index (χ2v) is 10.1. The van der Waals surface area contributed by atoms with Crippen molar-refractivity contribution in [1.29, 1.82) is 0 Å². The smallest absolute Gasteiger partial charge is 0.345 e. The molecule has 0 aromatic carbocycles. The normalized spacial score (nSPS) is 24.7. The Morgan fingerprint density at radius 3 is 2.32 bits per heavy atom. The van der Waals surface area contributed by atoms with E-state index in [1.165, 1.54) is 62.7 Å². The first-order valence-corrected chi connectivity index (χ1v) is 12.4. The molecule has 3 nitrogen and oxygen atoms in total. The lowest BCUT2D eigenvalue weighted by Crippen LogP contribution is -2.21. The van der Waals surface area contributed by atoms with Crippen LogP contribution in [0.3, 0.4) is 0 Å². The Labute approximate surface area is 179 Å². The summed E-state index contributed by atoms with van der Waals surface area (Å²) in [5.41, 5.74) is 0. The molecule has 0 unspecified atom stereocenters. The molecule has 4 atom stereocenters. The third-order valence-corrected chi connectivity index (χ3v) is 7.83. The van der Waals surface area contributed by atoms with Crippen molar-refractivity contribution >= 4 is 28.9 Å². The van der Waals surface area contributed by atoms with E-state index in [0.29, 0.717) is 16.7 Å². The van der Waals surface area contributed by atoms with Crippen LogP contribution in [0.2, 0.25) is 0 Å². The van der Waals surface area contributed by atoms with Crippen molar-refractivity contribution in [2.24, 2.45) is 11.8 Å². The van der Waals surface area contributed by atoms with E-state index < -0.39 is 5.97 Å². The maximum atomic E-state index is 11.0. The molecular formula is C23H37ClO3S. The molecule has 0 bridgehead atoms. The van der Waals surface area contributed by atoms with Gasteiger partial charge in [-0.1, -0.05) is 58.3 Å². The third kappa shape index (κ3) is 7.68. The highest BCUT2D eigenvalue weighted by Crippen LogP contribution is 2.42. The fourth-order valence-corrected chi connectivity index (χ4v) is 5.97. The number of carboxylic acid groups (broad SMARTS) is 1. The van der Waals surface area contributed by atoms with E-state index in [0.717, 1.165) is 37.0 Å². The van der Waals surface area contributed by atoms with Crippen LogP contribution in [0.4, 0.5) is 0 Å². The van der Waals surface area contributed by atoms with Crippen LogP contribution in [0.15, 0.2) is 12.1 Å². The predicted molar refractivity (Wildman–Crippen MR) is 119 cm³/mol. The summed E-state index contributed by atoms with van der Waals surface area (Å²) in [6.45, 7) is 2.25. The van der Waals surface area contributed by atoms with Crippen molar-refractivity contribution in [3.8, 4) is 0 Å². The van der Waals surface area contributed by atoms with E-state index in [9.17, 15) is 9.90 Å². The number of aliphatic hydroxyl groups excluding tert-OH is 1. The van der Waals surface area contributed by atoms with Crippen molar-refractivity contribution < 1.29 is 15.0 Å². The lowest BCUT2D eigenvalue weighted by Gasteiger charge is -2.23. The summed E-state index contributed by atoms with van der Waals surface area (Å²) in [4.78, 5) is 12.5. The number of carboxylic acids is 1. The van der Waals surface area contributed by atoms with E-state index >= 15 is 0 Å². The Kier molecular flexibility index (Phi) is 10.9. The highest BCUT2D eigenvalue weighted by atomic mass is 35.5. The van der Waals surface area contributed by atoms with E-state index in [4.69, 9.17) is 16.7 Å². The minimum atomic E-state index is -0.846. The van der Waals surface area contributed by atoms with Crippen molar-refractivity contribution in [1.82, 2.24) is 0 Å². The van der Waals surface area contributed by atoms with Crippen LogP contribution in [-0.2, 0) is 6.42 Å². The Morgan fingerprint density at radius 1 is 1.04 bits per heavy atom. The molecule has 28 heavy (non-hydrogen) atoms. The average Bonchev–Trinajstić information content (AvgIpc) is 3.23. The molecule has 2 N–H and O–H groups in total. The molecule has 1 aliphatic carbocycles. The number of alkyl halides is 1. The van der Waals surface area contributed by atoms with Gasteiger partial charge in [-0.15, -0.1) is 22.9 Å². The minimum absolute atomic E-state index is 0.0759. The van der Waals surface area contributed by atoms with Crippen LogP contribution in [0.5, 0.6) is 0 Å². The fourth-order valence-electron chi connectivity index (χ4n) is 4.59. The van der Waals surface area contributed by atoms with Crippen molar-refractivity contribution in [3.63, 3.8) is 0 Å². The standard InChI is InChI=1S/C23H37ClO3S/c1-2-3-4-5-6-7-8-9-12-19-18(20(24)16-21(19)25)13-10-11-17-14-15-22(28-17)23(26)27/h14-15,18-21,25H,2-13,16H2,1H3,(H,26,27)/t18-,19-,20+,21-/m1/s1. The summed E-state index contributed by atoms with van der Waals surface area (Å²) >= 11 is 7.94. The van der Waals surface area contributed by atoms with Gasteiger partial charge in [0.05, 0.1) is 6.10 Å². The van der Waals surface area contributed by atoms with Crippen LogP contribution >= 0.6 is 22.9 Å². The molecule has 0 radical (unpaired) electrons. The molecule has 1 aromatic rings. The molecule has 1 aromatic heterocycles. The van der Waals surface area contributed by atoms with Crippen LogP contribution in [0.25, 0.3) is 0 Å². The molecule has 0 aliphatic heterocycles. The number of unbranched alkanes of at least 4 members (excludes halogenated alkanes) is 7. The van der Waals surface area contributed by atoms with Crippen molar-refractivity contribution in [2.45, 2.75) is 102 Å². The molecule has 1 aliphatic rings. The third-order valence-electron chi connectivity index (χ3n) is 6.20. The molecule has 5 heteroatoms. The number of carbonyl (C=O) groups is 1. The Balaban J connectivity index is 1.68. The number of halogens is 1. The van der Waals surface area contributed by atoms with Gasteiger partial charge >= 0.3 is 5.97 Å². The topological polar surface area (TPSA) is 57.5 Å². The predicted octanol–water partition coefficient (Wildman–Crippen LogP) is 6.90. The molecule has 0 spiro atoms. The van der Waals surface area contributed by atoms with Gasteiger partial charge in [-0.25, -0.2) is 4.79 Å². The van der Waals surface area contributed by atoms with Crippen LogP contribution < -0.4 is 0 Å². The summed E-state index contributed by atoms with van der Waals surface area (Å²) in [5.74, 6) is -0.123. The number of thiophene rings is 1. The van der Waals surface area contributed by atoms with Gasteiger partial charge in [-0.2, -0.15) is 0 Å². The summed E-state index contributed by atoms with van der Waals surface area (Å²) in [7, 11) is 0. The van der Waals surface area contributed by atoms with Gasteiger partial charge in [-0.05, 0) is 56.1 Å². The van der Waals surface area contributed by atoms with Gasteiger partial charge in [0.25, 0.3) is 0 Å². The van der Waals surface area contributed by atoms with E-state index in [1.807, 2.05) is 6.07 Å². The number of hydrogen-bond donors (Lipinski definition) is 2. The zero-order valence-electron chi connectivity index (χ0n) is 17.2. The quantitative estimate of drug-likeness (QED) is 0.250. The number of aromatic carboxylic acids is 1.